The molecule has 7 heteroatoms. The fourth-order valence-corrected chi connectivity index (χ4v) is 3.52. The molecule has 0 saturated carbocycles. The lowest BCUT2D eigenvalue weighted by Crippen LogP contribution is -2.29. The van der Waals surface area contributed by atoms with Gasteiger partial charge in [0.1, 0.15) is 11.4 Å². The summed E-state index contributed by atoms with van der Waals surface area (Å²) in [4.78, 5) is 26.0. The number of aliphatic hydroxyl groups is 1. The molecule has 7 nitrogen and oxygen atoms in total. The van der Waals surface area contributed by atoms with Gasteiger partial charge in [0.25, 0.3) is 5.91 Å². The minimum atomic E-state index is -0.570. The standard InChI is InChI=1S/C19H20N4O3/c1-26-18-4-2-3-15-14(18)8-16(22-15)19(25)23-10-12(17(24)11-23)7-13-9-20-5-6-21-13/h2-6,8-9,12,17,22,24H,7,10-11H2,1H3/t12-,17-/m1/s1. The largest absolute Gasteiger partial charge is 0.496 e. The number of methoxy groups -OCH3 is 1. The van der Waals surface area contributed by atoms with Gasteiger partial charge >= 0.3 is 0 Å². The molecule has 1 aromatic carbocycles. The van der Waals surface area contributed by atoms with Crippen LogP contribution in [0.5, 0.6) is 5.75 Å². The van der Waals surface area contributed by atoms with Crippen LogP contribution in [0.2, 0.25) is 0 Å². The van der Waals surface area contributed by atoms with E-state index in [0.717, 1.165) is 22.3 Å². The number of aromatic nitrogens is 3. The Balaban J connectivity index is 1.52. The lowest BCUT2D eigenvalue weighted by Gasteiger charge is -2.15. The van der Waals surface area contributed by atoms with Crippen LogP contribution in [0.3, 0.4) is 0 Å². The number of hydrogen-bond donors (Lipinski definition) is 2. The first-order valence-electron chi connectivity index (χ1n) is 8.53. The third-order valence-electron chi connectivity index (χ3n) is 4.86. The molecule has 3 heterocycles. The Hall–Kier alpha value is -2.93. The third kappa shape index (κ3) is 3.01. The molecule has 0 spiro atoms. The molecule has 26 heavy (non-hydrogen) atoms. The van der Waals surface area contributed by atoms with Crippen molar-refractivity contribution < 1.29 is 14.6 Å². The lowest BCUT2D eigenvalue weighted by molar-refractivity contribution is 0.0760. The summed E-state index contributed by atoms with van der Waals surface area (Å²) >= 11 is 0. The van der Waals surface area contributed by atoms with Crippen molar-refractivity contribution in [2.24, 2.45) is 5.92 Å². The maximum Gasteiger partial charge on any atom is 0.270 e. The average Bonchev–Trinajstić information content (AvgIpc) is 3.26. The van der Waals surface area contributed by atoms with Gasteiger partial charge in [0.05, 0.1) is 18.9 Å². The summed E-state index contributed by atoms with van der Waals surface area (Å²) in [5.41, 5.74) is 2.17. The molecule has 0 radical (unpaired) electrons. The number of nitrogens with zero attached hydrogens (tertiary/aromatic N) is 3. The molecule has 2 atom stereocenters. The van der Waals surface area contributed by atoms with Gasteiger partial charge in [-0.1, -0.05) is 6.07 Å². The van der Waals surface area contributed by atoms with Crippen molar-refractivity contribution in [3.63, 3.8) is 0 Å². The Morgan fingerprint density at radius 2 is 2.27 bits per heavy atom. The van der Waals surface area contributed by atoms with Crippen LogP contribution in [0.25, 0.3) is 10.9 Å². The summed E-state index contributed by atoms with van der Waals surface area (Å²) in [5.74, 6) is 0.554. The molecule has 4 rings (SSSR count). The van der Waals surface area contributed by atoms with Crippen molar-refractivity contribution in [1.29, 1.82) is 0 Å². The van der Waals surface area contributed by atoms with Gasteiger partial charge in [-0.15, -0.1) is 0 Å². The van der Waals surface area contributed by atoms with Gasteiger partial charge in [-0.2, -0.15) is 0 Å². The summed E-state index contributed by atoms with van der Waals surface area (Å²) < 4.78 is 5.35. The first-order chi connectivity index (χ1) is 12.7. The number of amides is 1. The number of likely N-dealkylation sites (tertiary alicyclic amines) is 1. The first kappa shape index (κ1) is 16.5. The molecule has 2 N–H and O–H groups in total. The van der Waals surface area contributed by atoms with E-state index in [4.69, 9.17) is 4.74 Å². The van der Waals surface area contributed by atoms with E-state index in [1.165, 1.54) is 0 Å². The number of hydrogen-bond acceptors (Lipinski definition) is 5. The molecule has 1 amide bonds. The summed E-state index contributed by atoms with van der Waals surface area (Å²) in [6.07, 6.45) is 4.98. The predicted molar refractivity (Wildman–Crippen MR) is 96.0 cm³/mol. The number of benzene rings is 1. The number of carbonyl (C=O) groups is 1. The summed E-state index contributed by atoms with van der Waals surface area (Å²) in [5, 5.41) is 11.2. The number of carbonyl (C=O) groups excluding carboxylic acids is 1. The number of aromatic amines is 1. The number of fused-ring (bicyclic) bond motifs is 1. The molecule has 1 aliphatic heterocycles. The zero-order valence-corrected chi connectivity index (χ0v) is 14.4. The highest BCUT2D eigenvalue weighted by atomic mass is 16.5. The van der Waals surface area contributed by atoms with Gasteiger partial charge in [-0.05, 0) is 24.6 Å². The highest BCUT2D eigenvalue weighted by Gasteiger charge is 2.35. The van der Waals surface area contributed by atoms with Crippen molar-refractivity contribution in [1.82, 2.24) is 19.9 Å². The van der Waals surface area contributed by atoms with Gasteiger partial charge in [0.2, 0.25) is 0 Å². The molecule has 0 bridgehead atoms. The molecule has 2 aromatic heterocycles. The Labute approximate surface area is 150 Å². The Morgan fingerprint density at radius 1 is 1.38 bits per heavy atom. The van der Waals surface area contributed by atoms with Crippen LogP contribution in [-0.2, 0) is 6.42 Å². The molecule has 0 aliphatic carbocycles. The fraction of sp³-hybridized carbons (Fsp3) is 0.316. The number of ether oxygens (including phenoxy) is 1. The number of β-amino-alcohol motifs (C(OH)–C–C–N with tert-alkyl or cyclic N) is 1. The van der Waals surface area contributed by atoms with E-state index in [1.54, 1.807) is 36.7 Å². The smallest absolute Gasteiger partial charge is 0.270 e. The quantitative estimate of drug-likeness (QED) is 0.745. The lowest BCUT2D eigenvalue weighted by atomic mass is 10.0. The monoisotopic (exact) mass is 352 g/mol. The van der Waals surface area contributed by atoms with Gasteiger partial charge in [-0.25, -0.2) is 0 Å². The molecular formula is C19H20N4O3. The molecule has 1 aliphatic rings. The van der Waals surface area contributed by atoms with Crippen molar-refractivity contribution in [3.8, 4) is 5.75 Å². The second-order valence-corrected chi connectivity index (χ2v) is 6.54. The van der Waals surface area contributed by atoms with E-state index in [1.807, 2.05) is 18.2 Å². The first-order valence-corrected chi connectivity index (χ1v) is 8.53. The van der Waals surface area contributed by atoms with E-state index in [9.17, 15) is 9.90 Å². The van der Waals surface area contributed by atoms with Crippen LogP contribution in [0.4, 0.5) is 0 Å². The zero-order chi connectivity index (χ0) is 18.1. The summed E-state index contributed by atoms with van der Waals surface area (Å²) in [6.45, 7) is 0.805. The van der Waals surface area contributed by atoms with Crippen molar-refractivity contribution >= 4 is 16.8 Å². The second-order valence-electron chi connectivity index (χ2n) is 6.54. The van der Waals surface area contributed by atoms with Crippen molar-refractivity contribution in [2.45, 2.75) is 12.5 Å². The minimum absolute atomic E-state index is 0.0467. The molecular weight excluding hydrogens is 332 g/mol. The molecule has 134 valence electrons. The summed E-state index contributed by atoms with van der Waals surface area (Å²) in [7, 11) is 1.61. The van der Waals surface area contributed by atoms with Crippen LogP contribution >= 0.6 is 0 Å². The Morgan fingerprint density at radius 3 is 3.04 bits per heavy atom. The third-order valence-corrected chi connectivity index (χ3v) is 4.86. The van der Waals surface area contributed by atoms with Crippen LogP contribution < -0.4 is 4.74 Å². The maximum atomic E-state index is 12.9. The number of nitrogens with one attached hydrogen (secondary N) is 1. The molecule has 0 unspecified atom stereocenters. The number of H-pyrrole nitrogens is 1. The van der Waals surface area contributed by atoms with Crippen molar-refractivity contribution in [3.05, 3.63) is 54.2 Å². The van der Waals surface area contributed by atoms with Crippen LogP contribution in [0.1, 0.15) is 16.2 Å². The number of rotatable bonds is 4. The van der Waals surface area contributed by atoms with E-state index in [2.05, 4.69) is 15.0 Å². The average molecular weight is 352 g/mol. The molecule has 1 fully saturated rings. The van der Waals surface area contributed by atoms with Gasteiger partial charge < -0.3 is 19.7 Å². The normalized spacial score (nSPS) is 19.8. The summed E-state index contributed by atoms with van der Waals surface area (Å²) in [6, 6.07) is 7.45. The Bertz CT molecular complexity index is 925. The fourth-order valence-electron chi connectivity index (χ4n) is 3.52. The second kappa shape index (κ2) is 6.76. The topological polar surface area (TPSA) is 91.3 Å². The van der Waals surface area contributed by atoms with E-state index >= 15 is 0 Å². The van der Waals surface area contributed by atoms with E-state index < -0.39 is 6.10 Å². The zero-order valence-electron chi connectivity index (χ0n) is 14.4. The molecule has 3 aromatic rings. The predicted octanol–water partition coefficient (Wildman–Crippen LogP) is 1.64. The van der Waals surface area contributed by atoms with Crippen LogP contribution in [-0.4, -0.2) is 57.2 Å². The minimum Gasteiger partial charge on any atom is -0.496 e. The van der Waals surface area contributed by atoms with Gasteiger partial charge in [0.15, 0.2) is 0 Å². The van der Waals surface area contributed by atoms with E-state index in [-0.39, 0.29) is 11.8 Å². The molecule has 1 saturated heterocycles. The van der Waals surface area contributed by atoms with Gasteiger partial charge in [0, 0.05) is 48.5 Å². The Kier molecular flexibility index (Phi) is 4.30. The van der Waals surface area contributed by atoms with Gasteiger partial charge in [-0.3, -0.25) is 14.8 Å². The van der Waals surface area contributed by atoms with Crippen LogP contribution in [0, 0.1) is 5.92 Å². The number of aliphatic hydroxyl groups excluding tert-OH is 1. The van der Waals surface area contributed by atoms with Crippen molar-refractivity contribution in [2.75, 3.05) is 20.2 Å². The van der Waals surface area contributed by atoms with Crippen LogP contribution in [0.15, 0.2) is 42.9 Å². The maximum absolute atomic E-state index is 12.9. The highest BCUT2D eigenvalue weighted by molar-refractivity contribution is 5.99. The van der Waals surface area contributed by atoms with E-state index in [0.29, 0.717) is 25.2 Å². The highest BCUT2D eigenvalue weighted by Crippen LogP contribution is 2.28. The SMILES string of the molecule is COc1cccc2[nH]c(C(=O)N3C[C@@H](Cc4cnccn4)[C@H](O)C3)cc12.